The first-order valence-electron chi connectivity index (χ1n) is 7.39. The Balaban J connectivity index is 2.22. The summed E-state index contributed by atoms with van der Waals surface area (Å²) >= 11 is 1.67. The van der Waals surface area contributed by atoms with Crippen molar-refractivity contribution >= 4 is 17.7 Å². The van der Waals surface area contributed by atoms with Crippen LogP contribution < -0.4 is 0 Å². The third kappa shape index (κ3) is 3.54. The van der Waals surface area contributed by atoms with Crippen molar-refractivity contribution in [1.82, 2.24) is 4.98 Å². The molecular weight excluding hydrogens is 270 g/mol. The van der Waals surface area contributed by atoms with Gasteiger partial charge in [0, 0.05) is 10.9 Å². The van der Waals surface area contributed by atoms with Crippen molar-refractivity contribution in [3.63, 3.8) is 0 Å². The first-order valence-corrected chi connectivity index (χ1v) is 8.27. The Bertz CT molecular complexity index is 501. The van der Waals surface area contributed by atoms with Gasteiger partial charge in [-0.25, -0.2) is 9.78 Å². The number of rotatable bonds is 4. The maximum atomic E-state index is 11.5. The predicted molar refractivity (Wildman–Crippen MR) is 82.6 cm³/mol. The van der Waals surface area contributed by atoms with Gasteiger partial charge in [0.1, 0.15) is 5.03 Å². The molecule has 3 nitrogen and oxygen atoms in total. The summed E-state index contributed by atoms with van der Waals surface area (Å²) in [5.41, 5.74) is 2.10. The van der Waals surface area contributed by atoms with Crippen molar-refractivity contribution in [2.45, 2.75) is 63.2 Å². The zero-order valence-electron chi connectivity index (χ0n) is 12.5. The van der Waals surface area contributed by atoms with Crippen molar-refractivity contribution in [1.29, 1.82) is 0 Å². The summed E-state index contributed by atoms with van der Waals surface area (Å²) in [6, 6.07) is 1.85. The molecule has 1 saturated carbocycles. The van der Waals surface area contributed by atoms with E-state index in [9.17, 15) is 9.90 Å². The molecule has 1 aromatic heterocycles. The molecule has 1 fully saturated rings. The fourth-order valence-electron chi connectivity index (χ4n) is 3.03. The minimum atomic E-state index is -0.861. The van der Waals surface area contributed by atoms with E-state index in [2.05, 4.69) is 11.9 Å². The lowest BCUT2D eigenvalue weighted by Crippen LogP contribution is -2.18. The van der Waals surface area contributed by atoms with Crippen LogP contribution >= 0.6 is 11.8 Å². The third-order valence-electron chi connectivity index (χ3n) is 4.12. The van der Waals surface area contributed by atoms with Gasteiger partial charge in [-0.1, -0.05) is 26.2 Å². The van der Waals surface area contributed by atoms with E-state index < -0.39 is 5.97 Å². The third-order valence-corrected chi connectivity index (χ3v) is 5.40. The predicted octanol–water partition coefficient (Wildman–Crippen LogP) is 4.46. The Morgan fingerprint density at radius 3 is 2.85 bits per heavy atom. The average Bonchev–Trinajstić information content (AvgIpc) is 2.37. The SMILES string of the molecule is CCC1CCCC(Sc2nc(C)cc(C)c2C(=O)O)C1. The summed E-state index contributed by atoms with van der Waals surface area (Å²) in [7, 11) is 0. The number of nitrogens with zero attached hydrogens (tertiary/aromatic N) is 1. The molecular formula is C16H23NO2S. The molecule has 0 spiro atoms. The normalized spacial score (nSPS) is 22.8. The van der Waals surface area contributed by atoms with E-state index in [1.807, 2.05) is 19.9 Å². The van der Waals surface area contributed by atoms with E-state index in [-0.39, 0.29) is 0 Å². The number of hydrogen-bond acceptors (Lipinski definition) is 3. The number of hydrogen-bond donors (Lipinski definition) is 1. The molecule has 2 atom stereocenters. The molecule has 1 heterocycles. The zero-order chi connectivity index (χ0) is 14.7. The second kappa shape index (κ2) is 6.61. The molecule has 110 valence electrons. The Labute approximate surface area is 125 Å². The molecule has 1 N–H and O–H groups in total. The fourth-order valence-corrected chi connectivity index (χ4v) is 4.56. The summed E-state index contributed by atoms with van der Waals surface area (Å²) in [5.74, 6) is -0.0687. The fraction of sp³-hybridized carbons (Fsp3) is 0.625. The van der Waals surface area contributed by atoms with Gasteiger partial charge in [-0.05, 0) is 44.2 Å². The number of aromatic nitrogens is 1. The van der Waals surface area contributed by atoms with Crippen molar-refractivity contribution < 1.29 is 9.90 Å². The number of carboxylic acids is 1. The van der Waals surface area contributed by atoms with Gasteiger partial charge in [0.25, 0.3) is 0 Å². The molecule has 20 heavy (non-hydrogen) atoms. The van der Waals surface area contributed by atoms with E-state index in [1.54, 1.807) is 11.8 Å². The lowest BCUT2D eigenvalue weighted by atomic mass is 9.87. The Kier molecular flexibility index (Phi) is 5.08. The Morgan fingerprint density at radius 2 is 2.20 bits per heavy atom. The van der Waals surface area contributed by atoms with E-state index >= 15 is 0 Å². The minimum absolute atomic E-state index is 0.388. The first-order chi connectivity index (χ1) is 9.51. The van der Waals surface area contributed by atoms with Crippen LogP contribution in [-0.4, -0.2) is 21.3 Å². The lowest BCUT2D eigenvalue weighted by Gasteiger charge is -2.28. The molecule has 0 amide bonds. The van der Waals surface area contributed by atoms with Gasteiger partial charge in [-0.15, -0.1) is 11.8 Å². The van der Waals surface area contributed by atoms with Crippen LogP contribution in [0, 0.1) is 19.8 Å². The summed E-state index contributed by atoms with van der Waals surface area (Å²) in [4.78, 5) is 15.9. The van der Waals surface area contributed by atoms with Crippen molar-refractivity contribution in [2.75, 3.05) is 0 Å². The highest BCUT2D eigenvalue weighted by Crippen LogP contribution is 2.38. The minimum Gasteiger partial charge on any atom is -0.478 e. The van der Waals surface area contributed by atoms with Gasteiger partial charge in [-0.2, -0.15) is 0 Å². The van der Waals surface area contributed by atoms with E-state index in [0.717, 1.165) is 17.2 Å². The zero-order valence-corrected chi connectivity index (χ0v) is 13.3. The summed E-state index contributed by atoms with van der Waals surface area (Å²) in [6.45, 7) is 6.03. The molecule has 0 saturated heterocycles. The number of aryl methyl sites for hydroxylation is 2. The highest BCUT2D eigenvalue weighted by Gasteiger charge is 2.25. The van der Waals surface area contributed by atoms with Crippen LogP contribution in [0.15, 0.2) is 11.1 Å². The van der Waals surface area contributed by atoms with Gasteiger partial charge >= 0.3 is 5.97 Å². The monoisotopic (exact) mass is 293 g/mol. The number of thioether (sulfide) groups is 1. The second-order valence-electron chi connectivity index (χ2n) is 5.75. The van der Waals surface area contributed by atoms with E-state index in [0.29, 0.717) is 15.8 Å². The van der Waals surface area contributed by atoms with Crippen LogP contribution in [0.3, 0.4) is 0 Å². The molecule has 0 aliphatic heterocycles. The Morgan fingerprint density at radius 1 is 1.45 bits per heavy atom. The van der Waals surface area contributed by atoms with Gasteiger partial charge < -0.3 is 5.11 Å². The van der Waals surface area contributed by atoms with Crippen LogP contribution in [0.2, 0.25) is 0 Å². The van der Waals surface area contributed by atoms with Crippen LogP contribution in [0.4, 0.5) is 0 Å². The standard InChI is InChI=1S/C16H23NO2S/c1-4-12-6-5-7-13(9-12)20-15-14(16(18)19)10(2)8-11(3)17-15/h8,12-13H,4-7,9H2,1-3H3,(H,18,19). The molecule has 0 radical (unpaired) electrons. The summed E-state index contributed by atoms with van der Waals surface area (Å²) < 4.78 is 0. The summed E-state index contributed by atoms with van der Waals surface area (Å²) in [5, 5.41) is 10.6. The van der Waals surface area contributed by atoms with Crippen molar-refractivity contribution in [3.05, 3.63) is 22.9 Å². The first kappa shape index (κ1) is 15.4. The number of pyridine rings is 1. The average molecular weight is 293 g/mol. The number of carboxylic acid groups (broad SMARTS) is 1. The van der Waals surface area contributed by atoms with Crippen molar-refractivity contribution in [3.8, 4) is 0 Å². The van der Waals surface area contributed by atoms with Gasteiger partial charge in [-0.3, -0.25) is 0 Å². The number of carbonyl (C=O) groups is 1. The summed E-state index contributed by atoms with van der Waals surface area (Å²) in [6.07, 6.45) is 6.16. The molecule has 4 heteroatoms. The molecule has 1 aliphatic rings. The maximum Gasteiger partial charge on any atom is 0.338 e. The van der Waals surface area contributed by atoms with Crippen LogP contribution in [0.25, 0.3) is 0 Å². The largest absolute Gasteiger partial charge is 0.478 e. The quantitative estimate of drug-likeness (QED) is 0.890. The topological polar surface area (TPSA) is 50.2 Å². The smallest absolute Gasteiger partial charge is 0.338 e. The molecule has 1 aromatic rings. The van der Waals surface area contributed by atoms with Crippen LogP contribution in [0.1, 0.15) is 60.6 Å². The molecule has 2 unspecified atom stereocenters. The van der Waals surface area contributed by atoms with Gasteiger partial charge in [0.2, 0.25) is 0 Å². The van der Waals surface area contributed by atoms with Crippen molar-refractivity contribution in [2.24, 2.45) is 5.92 Å². The molecule has 0 aromatic carbocycles. The molecule has 1 aliphatic carbocycles. The lowest BCUT2D eigenvalue weighted by molar-refractivity contribution is 0.0691. The van der Waals surface area contributed by atoms with E-state index in [1.165, 1.54) is 32.1 Å². The van der Waals surface area contributed by atoms with Crippen LogP contribution in [-0.2, 0) is 0 Å². The maximum absolute atomic E-state index is 11.5. The van der Waals surface area contributed by atoms with E-state index in [4.69, 9.17) is 0 Å². The molecule has 0 bridgehead atoms. The van der Waals surface area contributed by atoms with Gasteiger partial charge in [0.05, 0.1) is 5.56 Å². The highest BCUT2D eigenvalue weighted by molar-refractivity contribution is 7.99. The number of aromatic carboxylic acids is 1. The Hall–Kier alpha value is -1.03. The second-order valence-corrected chi connectivity index (χ2v) is 7.04. The highest BCUT2D eigenvalue weighted by atomic mass is 32.2. The van der Waals surface area contributed by atoms with Gasteiger partial charge in [0.15, 0.2) is 0 Å². The van der Waals surface area contributed by atoms with Crippen LogP contribution in [0.5, 0.6) is 0 Å². The molecule has 2 rings (SSSR count).